The second-order valence-electron chi connectivity index (χ2n) is 3.07. The van der Waals surface area contributed by atoms with E-state index in [4.69, 9.17) is 16.2 Å². The average molecular weight is 255 g/mol. The Bertz CT molecular complexity index is 525. The molecule has 0 atom stereocenters. The molecule has 1 aromatic carbocycles. The molecule has 0 amide bonds. The van der Waals surface area contributed by atoms with Crippen LogP contribution in [0.4, 0.5) is 10.1 Å². The van der Waals surface area contributed by atoms with Gasteiger partial charge in [-0.15, -0.1) is 5.10 Å². The molecule has 0 saturated carbocycles. The van der Waals surface area contributed by atoms with Crippen LogP contribution in [0, 0.1) is 15.9 Å². The van der Waals surface area contributed by atoms with Gasteiger partial charge in [0.25, 0.3) is 0 Å². The molecule has 0 aliphatic carbocycles. The summed E-state index contributed by atoms with van der Waals surface area (Å²) in [5.74, 6) is -1.24. The van der Waals surface area contributed by atoms with E-state index in [0.29, 0.717) is 0 Å². The number of nitrogens with two attached hydrogens (primary N) is 2. The maximum absolute atomic E-state index is 13.5. The van der Waals surface area contributed by atoms with E-state index < -0.39 is 10.7 Å². The molecule has 0 saturated heterocycles. The first-order chi connectivity index (χ1) is 8.45. The van der Waals surface area contributed by atoms with Crippen LogP contribution in [-0.4, -0.2) is 24.2 Å². The first-order valence-electron chi connectivity index (χ1n) is 4.59. The zero-order valence-electron chi connectivity index (χ0n) is 9.33. The summed E-state index contributed by atoms with van der Waals surface area (Å²) in [5, 5.41) is 17.3. The number of hydrogen-bond acceptors (Lipinski definition) is 5. The number of hydrogen-bond donors (Lipinski definition) is 2. The first-order valence-corrected chi connectivity index (χ1v) is 4.59. The quantitative estimate of drug-likeness (QED) is 0.347. The van der Waals surface area contributed by atoms with E-state index in [1.165, 1.54) is 7.11 Å². The molecule has 0 aromatic heterocycles. The molecule has 0 fully saturated rings. The molecule has 18 heavy (non-hydrogen) atoms. The van der Waals surface area contributed by atoms with Gasteiger partial charge in [0.05, 0.1) is 18.2 Å². The largest absolute Gasteiger partial charge is 0.490 e. The summed E-state index contributed by atoms with van der Waals surface area (Å²) in [5.41, 5.74) is 9.50. The average Bonchev–Trinajstić information content (AvgIpc) is 2.29. The molecule has 0 bridgehead atoms. The van der Waals surface area contributed by atoms with Crippen LogP contribution in [0.3, 0.4) is 0 Å². The van der Waals surface area contributed by atoms with Crippen molar-refractivity contribution >= 4 is 17.9 Å². The van der Waals surface area contributed by atoms with E-state index in [0.717, 1.165) is 18.3 Å². The molecule has 0 aliphatic rings. The van der Waals surface area contributed by atoms with E-state index in [1.807, 2.05) is 0 Å². The third-order valence-electron chi connectivity index (χ3n) is 1.86. The van der Waals surface area contributed by atoms with Crippen LogP contribution in [0.25, 0.3) is 0 Å². The van der Waals surface area contributed by atoms with E-state index in [1.54, 1.807) is 0 Å². The Hall–Kier alpha value is -2.71. The Morgan fingerprint density at radius 1 is 1.56 bits per heavy atom. The third kappa shape index (κ3) is 3.14. The second-order valence-corrected chi connectivity index (χ2v) is 3.07. The molecule has 8 nitrogen and oxygen atoms in total. The number of benzene rings is 1. The minimum Gasteiger partial charge on any atom is -0.490 e. The molecule has 0 heterocycles. The molecular formula is C9H10FN5O3. The first kappa shape index (κ1) is 13.4. The van der Waals surface area contributed by atoms with Gasteiger partial charge in [0.15, 0.2) is 5.75 Å². The number of nitro benzene ring substituents is 1. The number of guanidine groups is 1. The Kier molecular flexibility index (Phi) is 4.13. The van der Waals surface area contributed by atoms with Gasteiger partial charge in [0.1, 0.15) is 5.82 Å². The minimum atomic E-state index is -0.744. The number of nitro groups is 1. The Labute approximate surface area is 101 Å². The highest BCUT2D eigenvalue weighted by atomic mass is 19.1. The molecule has 0 radical (unpaired) electrons. The predicted molar refractivity (Wildman–Crippen MR) is 63.0 cm³/mol. The van der Waals surface area contributed by atoms with E-state index in [2.05, 4.69) is 10.2 Å². The van der Waals surface area contributed by atoms with Crippen LogP contribution in [0.15, 0.2) is 22.3 Å². The van der Waals surface area contributed by atoms with Gasteiger partial charge in [-0.05, 0) is 0 Å². The second kappa shape index (κ2) is 5.57. The smallest absolute Gasteiger partial charge is 0.311 e. The van der Waals surface area contributed by atoms with Crippen LogP contribution in [0.5, 0.6) is 5.75 Å². The number of rotatable bonds is 4. The van der Waals surface area contributed by atoms with Crippen LogP contribution in [-0.2, 0) is 0 Å². The molecule has 4 N–H and O–H groups in total. The van der Waals surface area contributed by atoms with Gasteiger partial charge >= 0.3 is 5.69 Å². The summed E-state index contributed by atoms with van der Waals surface area (Å²) in [4.78, 5) is 10.0. The summed E-state index contributed by atoms with van der Waals surface area (Å²) < 4.78 is 18.2. The molecule has 96 valence electrons. The maximum Gasteiger partial charge on any atom is 0.311 e. The number of ether oxygens (including phenoxy) is 1. The van der Waals surface area contributed by atoms with E-state index in [9.17, 15) is 14.5 Å². The highest BCUT2D eigenvalue weighted by Crippen LogP contribution is 2.28. The maximum atomic E-state index is 13.5. The summed E-state index contributed by atoms with van der Waals surface area (Å²) >= 11 is 0. The van der Waals surface area contributed by atoms with Crippen molar-refractivity contribution in [1.82, 2.24) is 0 Å². The van der Waals surface area contributed by atoms with Gasteiger partial charge in [0, 0.05) is 17.7 Å². The Morgan fingerprint density at radius 3 is 2.72 bits per heavy atom. The number of nitrogens with zero attached hydrogens (tertiary/aromatic N) is 3. The lowest BCUT2D eigenvalue weighted by molar-refractivity contribution is -0.385. The molecule has 1 rings (SSSR count). The minimum absolute atomic E-state index is 0.132. The molecular weight excluding hydrogens is 245 g/mol. The van der Waals surface area contributed by atoms with Crippen molar-refractivity contribution in [3.63, 3.8) is 0 Å². The zero-order chi connectivity index (χ0) is 13.7. The van der Waals surface area contributed by atoms with E-state index in [-0.39, 0.29) is 23.0 Å². The van der Waals surface area contributed by atoms with Gasteiger partial charge in [-0.3, -0.25) is 10.1 Å². The summed E-state index contributed by atoms with van der Waals surface area (Å²) in [7, 11) is 1.20. The normalized spacial score (nSPS) is 10.3. The lowest BCUT2D eigenvalue weighted by Gasteiger charge is -2.03. The van der Waals surface area contributed by atoms with Crippen LogP contribution in [0.1, 0.15) is 5.56 Å². The zero-order valence-corrected chi connectivity index (χ0v) is 9.33. The van der Waals surface area contributed by atoms with Crippen molar-refractivity contribution in [2.45, 2.75) is 0 Å². The summed E-state index contributed by atoms with van der Waals surface area (Å²) in [6, 6.07) is 1.86. The fourth-order valence-corrected chi connectivity index (χ4v) is 1.12. The Balaban J connectivity index is 3.21. The third-order valence-corrected chi connectivity index (χ3v) is 1.86. The van der Waals surface area contributed by atoms with Crippen molar-refractivity contribution in [3.05, 3.63) is 33.6 Å². The monoisotopic (exact) mass is 255 g/mol. The molecule has 0 spiro atoms. The van der Waals surface area contributed by atoms with Gasteiger partial charge in [-0.25, -0.2) is 4.39 Å². The fraction of sp³-hybridized carbons (Fsp3) is 0.111. The summed E-state index contributed by atoms with van der Waals surface area (Å²) in [6.45, 7) is 0. The van der Waals surface area contributed by atoms with Gasteiger partial charge in [-0.1, -0.05) is 0 Å². The molecule has 0 aliphatic heterocycles. The molecule has 0 unspecified atom stereocenters. The standard InChI is InChI=1S/C9H10FN5O3/c1-18-8-3-6(10)5(2-7(8)15(16)17)4-13-14-9(11)12/h2-4H,1H3,(H4,11,12,14). The van der Waals surface area contributed by atoms with Crippen LogP contribution >= 0.6 is 0 Å². The van der Waals surface area contributed by atoms with Gasteiger partial charge < -0.3 is 16.2 Å². The van der Waals surface area contributed by atoms with Crippen molar-refractivity contribution in [2.24, 2.45) is 21.7 Å². The van der Waals surface area contributed by atoms with Gasteiger partial charge in [0.2, 0.25) is 5.96 Å². The molecule has 9 heteroatoms. The van der Waals surface area contributed by atoms with E-state index >= 15 is 0 Å². The van der Waals surface area contributed by atoms with Crippen molar-refractivity contribution in [2.75, 3.05) is 7.11 Å². The highest BCUT2D eigenvalue weighted by molar-refractivity contribution is 5.83. The van der Waals surface area contributed by atoms with Crippen molar-refractivity contribution < 1.29 is 14.1 Å². The fourth-order valence-electron chi connectivity index (χ4n) is 1.12. The topological polar surface area (TPSA) is 129 Å². The molecule has 1 aromatic rings. The van der Waals surface area contributed by atoms with Crippen molar-refractivity contribution in [1.29, 1.82) is 0 Å². The van der Waals surface area contributed by atoms with Crippen LogP contribution in [0.2, 0.25) is 0 Å². The lowest BCUT2D eigenvalue weighted by atomic mass is 10.2. The SMILES string of the molecule is COc1cc(F)c(C=NN=C(N)N)cc1[N+](=O)[O-]. The van der Waals surface area contributed by atoms with Crippen molar-refractivity contribution in [3.8, 4) is 5.75 Å². The van der Waals surface area contributed by atoms with Gasteiger partial charge in [-0.2, -0.15) is 5.10 Å². The lowest BCUT2D eigenvalue weighted by Crippen LogP contribution is -2.21. The number of halogens is 1. The summed E-state index contributed by atoms with van der Waals surface area (Å²) in [6.07, 6.45) is 0.960. The van der Waals surface area contributed by atoms with Crippen LogP contribution < -0.4 is 16.2 Å². The number of methoxy groups -OCH3 is 1. The Morgan fingerprint density at radius 2 is 2.22 bits per heavy atom. The highest BCUT2D eigenvalue weighted by Gasteiger charge is 2.18. The predicted octanol–water partition coefficient (Wildman–Crippen LogP) is 0.350.